The first-order valence-electron chi connectivity index (χ1n) is 7.18. The second-order valence-electron chi connectivity index (χ2n) is 5.30. The Morgan fingerprint density at radius 3 is 3.09 bits per heavy atom. The van der Waals surface area contributed by atoms with Gasteiger partial charge >= 0.3 is 0 Å². The molecule has 0 saturated carbocycles. The van der Waals surface area contributed by atoms with E-state index in [2.05, 4.69) is 15.3 Å². The van der Waals surface area contributed by atoms with E-state index in [4.69, 9.17) is 4.74 Å². The number of nitrogens with one attached hydrogen (secondary N) is 2. The summed E-state index contributed by atoms with van der Waals surface area (Å²) in [5.41, 5.74) is 0.478. The Morgan fingerprint density at radius 2 is 2.36 bits per heavy atom. The highest BCUT2D eigenvalue weighted by Gasteiger charge is 2.23. The van der Waals surface area contributed by atoms with Crippen molar-refractivity contribution in [3.8, 4) is 0 Å². The lowest BCUT2D eigenvalue weighted by atomic mass is 10.0. The molecule has 1 aromatic heterocycles. The predicted molar refractivity (Wildman–Crippen MR) is 78.1 cm³/mol. The standard InChI is InChI=1S/C14H20N4O4/c1-10(19)15-6-14(21)18-2-3-22-8-11(7-18)4-12-5-13(20)17-9-16-12/h5,9,11H,2-4,6-8H2,1H3,(H,15,19)(H,16,17,20)/t11-/m1/s1. The minimum atomic E-state index is -0.233. The average molecular weight is 308 g/mol. The fourth-order valence-corrected chi connectivity index (χ4v) is 2.36. The summed E-state index contributed by atoms with van der Waals surface area (Å²) >= 11 is 0. The van der Waals surface area contributed by atoms with Crippen LogP contribution in [0.5, 0.6) is 0 Å². The van der Waals surface area contributed by atoms with Crippen molar-refractivity contribution in [2.45, 2.75) is 13.3 Å². The number of H-pyrrole nitrogens is 1. The van der Waals surface area contributed by atoms with E-state index < -0.39 is 0 Å². The van der Waals surface area contributed by atoms with Crippen molar-refractivity contribution in [2.75, 3.05) is 32.8 Å². The fraction of sp³-hybridized carbons (Fsp3) is 0.571. The second kappa shape index (κ2) is 7.69. The third-order valence-corrected chi connectivity index (χ3v) is 3.41. The van der Waals surface area contributed by atoms with E-state index in [0.717, 1.165) is 0 Å². The minimum Gasteiger partial charge on any atom is -0.379 e. The number of aromatic nitrogens is 2. The summed E-state index contributed by atoms with van der Waals surface area (Å²) in [6.45, 7) is 3.36. The van der Waals surface area contributed by atoms with Crippen LogP contribution in [0.1, 0.15) is 12.6 Å². The third kappa shape index (κ3) is 4.96. The van der Waals surface area contributed by atoms with Gasteiger partial charge in [0.15, 0.2) is 0 Å². The molecule has 120 valence electrons. The topological polar surface area (TPSA) is 104 Å². The van der Waals surface area contributed by atoms with Crippen LogP contribution in [0.3, 0.4) is 0 Å². The Balaban J connectivity index is 1.96. The second-order valence-corrected chi connectivity index (χ2v) is 5.30. The van der Waals surface area contributed by atoms with Crippen molar-refractivity contribution < 1.29 is 14.3 Å². The molecule has 0 unspecified atom stereocenters. The zero-order valence-corrected chi connectivity index (χ0v) is 12.5. The molecule has 2 N–H and O–H groups in total. The van der Waals surface area contributed by atoms with E-state index in [0.29, 0.717) is 38.4 Å². The Hall–Kier alpha value is -2.22. The van der Waals surface area contributed by atoms with Crippen LogP contribution in [0.4, 0.5) is 0 Å². The number of nitrogens with zero attached hydrogens (tertiary/aromatic N) is 2. The van der Waals surface area contributed by atoms with Crippen molar-refractivity contribution in [1.29, 1.82) is 0 Å². The third-order valence-electron chi connectivity index (χ3n) is 3.41. The van der Waals surface area contributed by atoms with Gasteiger partial charge in [0.25, 0.3) is 5.56 Å². The monoisotopic (exact) mass is 308 g/mol. The van der Waals surface area contributed by atoms with Crippen LogP contribution in [-0.4, -0.2) is 59.5 Å². The maximum Gasteiger partial charge on any atom is 0.250 e. The molecule has 1 atom stereocenters. The summed E-state index contributed by atoms with van der Waals surface area (Å²) in [5, 5.41) is 2.51. The highest BCUT2D eigenvalue weighted by Crippen LogP contribution is 2.12. The van der Waals surface area contributed by atoms with Crippen LogP contribution in [0.15, 0.2) is 17.2 Å². The fourth-order valence-electron chi connectivity index (χ4n) is 2.36. The number of hydrogen-bond donors (Lipinski definition) is 2. The predicted octanol–water partition coefficient (Wildman–Crippen LogP) is -1.08. The van der Waals surface area contributed by atoms with Crippen LogP contribution < -0.4 is 10.9 Å². The largest absolute Gasteiger partial charge is 0.379 e. The summed E-state index contributed by atoms with van der Waals surface area (Å²) in [6, 6.07) is 1.45. The Labute approximate surface area is 127 Å². The lowest BCUT2D eigenvalue weighted by Crippen LogP contribution is -2.42. The molecule has 1 aliphatic heterocycles. The van der Waals surface area contributed by atoms with Gasteiger partial charge in [-0.2, -0.15) is 0 Å². The molecule has 0 spiro atoms. The van der Waals surface area contributed by atoms with Gasteiger partial charge in [-0.05, 0) is 6.42 Å². The van der Waals surface area contributed by atoms with Crippen molar-refractivity contribution in [1.82, 2.24) is 20.2 Å². The van der Waals surface area contributed by atoms with Gasteiger partial charge in [0, 0.05) is 37.7 Å². The number of aromatic amines is 1. The normalized spacial score (nSPS) is 18.6. The summed E-state index contributed by atoms with van der Waals surface area (Å²) in [7, 11) is 0. The molecule has 2 heterocycles. The van der Waals surface area contributed by atoms with Crippen LogP contribution >= 0.6 is 0 Å². The summed E-state index contributed by atoms with van der Waals surface area (Å²) in [5.74, 6) is -0.300. The maximum absolute atomic E-state index is 12.1. The molecule has 0 aliphatic carbocycles. The molecule has 0 bridgehead atoms. The van der Waals surface area contributed by atoms with E-state index >= 15 is 0 Å². The van der Waals surface area contributed by atoms with Gasteiger partial charge < -0.3 is 19.9 Å². The number of rotatable bonds is 4. The Bertz CT molecular complexity index is 586. The average Bonchev–Trinajstić information content (AvgIpc) is 2.70. The lowest BCUT2D eigenvalue weighted by Gasteiger charge is -2.23. The van der Waals surface area contributed by atoms with E-state index in [9.17, 15) is 14.4 Å². The maximum atomic E-state index is 12.1. The number of hydrogen-bond acceptors (Lipinski definition) is 5. The molecule has 22 heavy (non-hydrogen) atoms. The van der Waals surface area contributed by atoms with Gasteiger partial charge in [-0.3, -0.25) is 14.4 Å². The van der Waals surface area contributed by atoms with Gasteiger partial charge in [0.05, 0.1) is 26.1 Å². The van der Waals surface area contributed by atoms with E-state index in [-0.39, 0.29) is 29.8 Å². The molecule has 1 fully saturated rings. The van der Waals surface area contributed by atoms with E-state index in [1.807, 2.05) is 0 Å². The highest BCUT2D eigenvalue weighted by atomic mass is 16.5. The van der Waals surface area contributed by atoms with Crippen LogP contribution in [-0.2, 0) is 20.7 Å². The molecule has 1 aromatic rings. The molecule has 0 aromatic carbocycles. The molecule has 1 saturated heterocycles. The number of carbonyl (C=O) groups is 2. The lowest BCUT2D eigenvalue weighted by molar-refractivity contribution is -0.132. The Kier molecular flexibility index (Phi) is 5.65. The van der Waals surface area contributed by atoms with Crippen molar-refractivity contribution in [3.63, 3.8) is 0 Å². The molecule has 0 radical (unpaired) electrons. The summed E-state index contributed by atoms with van der Waals surface area (Å²) < 4.78 is 5.52. The van der Waals surface area contributed by atoms with Gasteiger partial charge in [-0.15, -0.1) is 0 Å². The van der Waals surface area contributed by atoms with Gasteiger partial charge in [-0.1, -0.05) is 0 Å². The zero-order chi connectivity index (χ0) is 15.9. The van der Waals surface area contributed by atoms with Crippen molar-refractivity contribution >= 4 is 11.8 Å². The van der Waals surface area contributed by atoms with E-state index in [1.165, 1.54) is 19.3 Å². The molecule has 2 amide bonds. The van der Waals surface area contributed by atoms with Gasteiger partial charge in [0.2, 0.25) is 11.8 Å². The number of ether oxygens (including phenoxy) is 1. The van der Waals surface area contributed by atoms with Crippen LogP contribution in [0.25, 0.3) is 0 Å². The SMILES string of the molecule is CC(=O)NCC(=O)N1CCOC[C@H](Cc2cc(=O)[nH]cn2)C1. The van der Waals surface area contributed by atoms with Gasteiger partial charge in [-0.25, -0.2) is 4.98 Å². The first-order valence-corrected chi connectivity index (χ1v) is 7.18. The molecule has 1 aliphatic rings. The molecule has 8 nitrogen and oxygen atoms in total. The number of carbonyl (C=O) groups excluding carboxylic acids is 2. The summed E-state index contributed by atoms with van der Waals surface area (Å²) in [4.78, 5) is 42.5. The molecule has 2 rings (SSSR count). The first-order chi connectivity index (χ1) is 10.5. The summed E-state index contributed by atoms with van der Waals surface area (Å²) in [6.07, 6.45) is 1.93. The highest BCUT2D eigenvalue weighted by molar-refractivity contribution is 5.83. The van der Waals surface area contributed by atoms with E-state index in [1.54, 1.807) is 4.90 Å². The minimum absolute atomic E-state index is 0.00862. The van der Waals surface area contributed by atoms with Crippen LogP contribution in [0, 0.1) is 5.92 Å². The molecular weight excluding hydrogens is 288 g/mol. The quantitative estimate of drug-likeness (QED) is 0.736. The number of amides is 2. The zero-order valence-electron chi connectivity index (χ0n) is 12.5. The molecular formula is C14H20N4O4. The van der Waals surface area contributed by atoms with Crippen molar-refractivity contribution in [3.05, 3.63) is 28.4 Å². The molecule has 8 heteroatoms. The first kappa shape index (κ1) is 16.2. The van der Waals surface area contributed by atoms with Gasteiger partial charge in [0.1, 0.15) is 0 Å². The Morgan fingerprint density at radius 1 is 1.55 bits per heavy atom. The smallest absolute Gasteiger partial charge is 0.250 e. The van der Waals surface area contributed by atoms with Crippen molar-refractivity contribution in [2.24, 2.45) is 5.92 Å². The van der Waals surface area contributed by atoms with Crippen LogP contribution in [0.2, 0.25) is 0 Å².